The minimum atomic E-state index is -0.184. The lowest BCUT2D eigenvalue weighted by atomic mass is 10.2. The van der Waals surface area contributed by atoms with Crippen molar-refractivity contribution in [1.29, 1.82) is 0 Å². The van der Waals surface area contributed by atoms with E-state index < -0.39 is 0 Å². The second kappa shape index (κ2) is 4.58. The first-order valence-corrected chi connectivity index (χ1v) is 5.01. The fourth-order valence-electron chi connectivity index (χ4n) is 1.43. The molecule has 1 aromatic carbocycles. The van der Waals surface area contributed by atoms with Crippen LogP contribution in [0, 0.1) is 0 Å². The van der Waals surface area contributed by atoms with E-state index in [0.717, 1.165) is 0 Å². The Morgan fingerprint density at radius 3 is 2.67 bits per heavy atom. The van der Waals surface area contributed by atoms with Crippen LogP contribution < -0.4 is 22.6 Å². The number of nitrogens with zero attached hydrogens (tertiary/aromatic N) is 2. The van der Waals surface area contributed by atoms with E-state index in [0.29, 0.717) is 16.7 Å². The van der Waals surface area contributed by atoms with E-state index in [2.05, 4.69) is 9.98 Å². The van der Waals surface area contributed by atoms with Gasteiger partial charge < -0.3 is 21.6 Å². The summed E-state index contributed by atoms with van der Waals surface area (Å²) in [5.41, 5.74) is 16.6. The zero-order chi connectivity index (χ0) is 13.1. The first kappa shape index (κ1) is 11.6. The smallest absolute Gasteiger partial charge is 0.223 e. The third kappa shape index (κ3) is 2.46. The molecule has 7 nitrogen and oxygen atoms in total. The van der Waals surface area contributed by atoms with Crippen LogP contribution in [-0.4, -0.2) is 11.9 Å². The van der Waals surface area contributed by atoms with Gasteiger partial charge in [0.05, 0.1) is 17.3 Å². The van der Waals surface area contributed by atoms with Gasteiger partial charge in [-0.2, -0.15) is 4.99 Å². The molecule has 0 amide bonds. The summed E-state index contributed by atoms with van der Waals surface area (Å²) in [5.74, 6) is -0.272. The Morgan fingerprint density at radius 2 is 1.94 bits per heavy atom. The summed E-state index contributed by atoms with van der Waals surface area (Å²) < 4.78 is 5.17. The molecular formula is C11H11N5O2. The topological polar surface area (TPSA) is 133 Å². The number of guanidine groups is 2. The monoisotopic (exact) mass is 245 g/mol. The van der Waals surface area contributed by atoms with Crippen molar-refractivity contribution in [2.75, 3.05) is 0 Å². The lowest BCUT2D eigenvalue weighted by Crippen LogP contribution is -2.26. The van der Waals surface area contributed by atoms with Crippen molar-refractivity contribution < 1.29 is 4.42 Å². The van der Waals surface area contributed by atoms with Crippen molar-refractivity contribution in [1.82, 2.24) is 0 Å². The number of hydrogen-bond acceptors (Lipinski definition) is 3. The summed E-state index contributed by atoms with van der Waals surface area (Å²) in [6, 6.07) is 6.14. The van der Waals surface area contributed by atoms with Crippen LogP contribution in [0.25, 0.3) is 11.0 Å². The van der Waals surface area contributed by atoms with Crippen LogP contribution in [-0.2, 0) is 0 Å². The third-order valence-electron chi connectivity index (χ3n) is 2.13. The Hall–Kier alpha value is -2.83. The molecule has 6 N–H and O–H groups in total. The van der Waals surface area contributed by atoms with Gasteiger partial charge in [0, 0.05) is 6.07 Å². The number of hydrogen-bond donors (Lipinski definition) is 3. The van der Waals surface area contributed by atoms with Crippen molar-refractivity contribution in [3.8, 4) is 0 Å². The first-order valence-electron chi connectivity index (χ1n) is 5.01. The predicted octanol–water partition coefficient (Wildman–Crippen LogP) is 0.0126. The van der Waals surface area contributed by atoms with Gasteiger partial charge in [-0.1, -0.05) is 0 Å². The Labute approximate surface area is 102 Å². The van der Waals surface area contributed by atoms with Gasteiger partial charge in [0.15, 0.2) is 11.4 Å². The molecule has 0 atom stereocenters. The fourth-order valence-corrected chi connectivity index (χ4v) is 1.43. The molecule has 0 aliphatic carbocycles. The normalized spacial score (nSPS) is 11.4. The Kier molecular flexibility index (Phi) is 2.96. The molecule has 1 heterocycles. The van der Waals surface area contributed by atoms with Gasteiger partial charge in [-0.25, -0.2) is 4.99 Å². The zero-order valence-electron chi connectivity index (χ0n) is 9.33. The molecule has 7 heteroatoms. The van der Waals surface area contributed by atoms with Crippen LogP contribution in [0.3, 0.4) is 0 Å². The molecule has 0 aliphatic heterocycles. The average molecular weight is 245 g/mol. The van der Waals surface area contributed by atoms with E-state index in [9.17, 15) is 4.79 Å². The van der Waals surface area contributed by atoms with Crippen LogP contribution in [0.15, 0.2) is 49.7 Å². The van der Waals surface area contributed by atoms with Gasteiger partial charge in [0.1, 0.15) is 5.58 Å². The van der Waals surface area contributed by atoms with Gasteiger partial charge in [0.2, 0.25) is 5.96 Å². The van der Waals surface area contributed by atoms with Crippen molar-refractivity contribution in [3.63, 3.8) is 0 Å². The van der Waals surface area contributed by atoms with Gasteiger partial charge >= 0.3 is 0 Å². The summed E-state index contributed by atoms with van der Waals surface area (Å²) in [6.45, 7) is 0. The van der Waals surface area contributed by atoms with E-state index in [-0.39, 0.29) is 17.3 Å². The minimum absolute atomic E-state index is 0.0883. The van der Waals surface area contributed by atoms with Crippen LogP contribution in [0.4, 0.5) is 5.69 Å². The maximum atomic E-state index is 11.6. The maximum absolute atomic E-state index is 11.6. The van der Waals surface area contributed by atoms with Crippen molar-refractivity contribution >= 4 is 28.6 Å². The number of fused-ring (bicyclic) bond motifs is 1. The van der Waals surface area contributed by atoms with E-state index in [1.54, 1.807) is 18.2 Å². The quantitative estimate of drug-likeness (QED) is 0.480. The van der Waals surface area contributed by atoms with Gasteiger partial charge in [0.25, 0.3) is 0 Å². The summed E-state index contributed by atoms with van der Waals surface area (Å²) in [7, 11) is 0. The molecule has 0 spiro atoms. The zero-order valence-corrected chi connectivity index (χ0v) is 9.33. The Bertz CT molecular complexity index is 698. The molecule has 18 heavy (non-hydrogen) atoms. The van der Waals surface area contributed by atoms with Crippen molar-refractivity contribution in [2.45, 2.75) is 0 Å². The molecule has 2 rings (SSSR count). The number of benzene rings is 1. The van der Waals surface area contributed by atoms with Crippen LogP contribution in [0.1, 0.15) is 0 Å². The number of nitrogens with two attached hydrogens (primary N) is 3. The highest BCUT2D eigenvalue weighted by Crippen LogP contribution is 2.18. The van der Waals surface area contributed by atoms with E-state index >= 15 is 0 Å². The molecular weight excluding hydrogens is 234 g/mol. The predicted molar refractivity (Wildman–Crippen MR) is 69.6 cm³/mol. The molecule has 0 radical (unpaired) electrons. The second-order valence-corrected chi connectivity index (χ2v) is 3.47. The highest BCUT2D eigenvalue weighted by atomic mass is 16.3. The molecule has 0 fully saturated rings. The van der Waals surface area contributed by atoms with Gasteiger partial charge in [-0.3, -0.25) is 4.79 Å². The lowest BCUT2D eigenvalue weighted by molar-refractivity contribution is 0.602. The summed E-state index contributed by atoms with van der Waals surface area (Å²) >= 11 is 0. The van der Waals surface area contributed by atoms with Crippen molar-refractivity contribution in [3.05, 3.63) is 40.8 Å². The molecule has 0 aliphatic rings. The Balaban J connectivity index is 2.51. The molecule has 92 valence electrons. The average Bonchev–Trinajstić information content (AvgIpc) is 2.29. The van der Waals surface area contributed by atoms with E-state index in [1.807, 2.05) is 0 Å². The molecule has 1 aromatic heterocycles. The molecule has 0 unspecified atom stereocenters. The number of rotatable bonds is 1. The first-order chi connectivity index (χ1) is 8.56. The van der Waals surface area contributed by atoms with Crippen LogP contribution >= 0.6 is 0 Å². The highest BCUT2D eigenvalue weighted by molar-refractivity contribution is 5.94. The molecule has 0 bridgehead atoms. The summed E-state index contributed by atoms with van der Waals surface area (Å²) in [4.78, 5) is 19.1. The SMILES string of the molecule is NC(N)=NC(N)=Nc1ccc2occc(=O)c2c1. The maximum Gasteiger partial charge on any atom is 0.223 e. The van der Waals surface area contributed by atoms with Crippen LogP contribution in [0.5, 0.6) is 0 Å². The standard InChI is InChI=1S/C11H11N5O2/c12-10(13)16-11(14)15-6-1-2-9-7(5-6)8(17)3-4-18-9/h1-5H,(H6,12,13,14,15,16). The van der Waals surface area contributed by atoms with Crippen molar-refractivity contribution in [2.24, 2.45) is 27.2 Å². The largest absolute Gasteiger partial charge is 0.464 e. The Morgan fingerprint density at radius 1 is 1.17 bits per heavy atom. The summed E-state index contributed by atoms with van der Waals surface area (Å²) in [5, 5.41) is 0.413. The number of aliphatic imine (C=N–C) groups is 2. The van der Waals surface area contributed by atoms with Crippen LogP contribution in [0.2, 0.25) is 0 Å². The summed E-state index contributed by atoms with van der Waals surface area (Å²) in [6.07, 6.45) is 1.33. The highest BCUT2D eigenvalue weighted by Gasteiger charge is 2.01. The van der Waals surface area contributed by atoms with Gasteiger partial charge in [-0.15, -0.1) is 0 Å². The lowest BCUT2D eigenvalue weighted by Gasteiger charge is -1.98. The van der Waals surface area contributed by atoms with E-state index in [4.69, 9.17) is 21.6 Å². The van der Waals surface area contributed by atoms with E-state index in [1.165, 1.54) is 12.3 Å². The third-order valence-corrected chi connectivity index (χ3v) is 2.13. The minimum Gasteiger partial charge on any atom is -0.464 e. The fraction of sp³-hybridized carbons (Fsp3) is 0. The van der Waals surface area contributed by atoms with Gasteiger partial charge in [-0.05, 0) is 18.2 Å². The molecule has 2 aromatic rings. The second-order valence-electron chi connectivity index (χ2n) is 3.47. The molecule has 0 saturated heterocycles. The molecule has 0 saturated carbocycles.